The quantitative estimate of drug-likeness (QED) is 0.817. The van der Waals surface area contributed by atoms with E-state index in [2.05, 4.69) is 15.5 Å². The average molecular weight is 288 g/mol. The van der Waals surface area contributed by atoms with Crippen LogP contribution in [0.1, 0.15) is 5.82 Å². The van der Waals surface area contributed by atoms with Crippen LogP contribution in [0.25, 0.3) is 5.69 Å². The highest BCUT2D eigenvalue weighted by Crippen LogP contribution is 2.33. The van der Waals surface area contributed by atoms with E-state index >= 15 is 0 Å². The molecular weight excluding hydrogens is 276 g/mol. The Balaban J connectivity index is 1.70. The van der Waals surface area contributed by atoms with Crippen LogP contribution in [-0.4, -0.2) is 45.5 Å². The van der Waals surface area contributed by atoms with Crippen LogP contribution in [0.15, 0.2) is 18.2 Å². The lowest BCUT2D eigenvalue weighted by atomic mass is 10.2. The zero-order chi connectivity index (χ0) is 14.4. The lowest BCUT2D eigenvalue weighted by Gasteiger charge is -2.20. The fourth-order valence-corrected chi connectivity index (χ4v) is 2.44. The van der Waals surface area contributed by atoms with Gasteiger partial charge in [0.2, 0.25) is 0 Å². The third-order valence-electron chi connectivity index (χ3n) is 3.51. The first-order chi connectivity index (χ1) is 10.3. The topological polar surface area (TPSA) is 108 Å². The Labute approximate surface area is 119 Å². The van der Waals surface area contributed by atoms with Crippen molar-refractivity contribution >= 4 is 11.8 Å². The molecule has 1 aromatic carbocycles. The monoisotopic (exact) mass is 288 g/mol. The van der Waals surface area contributed by atoms with E-state index < -0.39 is 6.09 Å². The predicted octanol–water partition coefficient (Wildman–Crippen LogP) is -0.161. The minimum Gasteiger partial charge on any atom is -0.483 e. The molecule has 0 unspecified atom stereocenters. The van der Waals surface area contributed by atoms with Gasteiger partial charge in [0, 0.05) is 12.6 Å². The van der Waals surface area contributed by atoms with Gasteiger partial charge < -0.3 is 15.2 Å². The van der Waals surface area contributed by atoms with Crippen LogP contribution in [0.2, 0.25) is 0 Å². The van der Waals surface area contributed by atoms with E-state index in [1.165, 1.54) is 4.90 Å². The first-order valence-electron chi connectivity index (χ1n) is 6.49. The van der Waals surface area contributed by atoms with Crippen molar-refractivity contribution in [2.75, 3.05) is 18.0 Å². The second kappa shape index (κ2) is 4.42. The van der Waals surface area contributed by atoms with Crippen LogP contribution in [0.3, 0.4) is 0 Å². The number of carbonyl (C=O) groups excluding carboxylic acids is 1. The molecule has 1 atom stereocenters. The Bertz CT molecular complexity index is 715. The first kappa shape index (κ1) is 12.1. The molecule has 0 aliphatic carbocycles. The first-order valence-corrected chi connectivity index (χ1v) is 6.49. The number of aromatic nitrogens is 4. The third kappa shape index (κ3) is 1.82. The summed E-state index contributed by atoms with van der Waals surface area (Å²) in [6.07, 6.45) is -0.676. The maximum Gasteiger partial charge on any atom is 0.414 e. The molecule has 0 saturated carbocycles. The summed E-state index contributed by atoms with van der Waals surface area (Å²) >= 11 is 0. The number of cyclic esters (lactones) is 1. The van der Waals surface area contributed by atoms with Gasteiger partial charge in [0.05, 0.1) is 12.2 Å². The van der Waals surface area contributed by atoms with Gasteiger partial charge in [-0.05, 0) is 22.6 Å². The number of hydrogen-bond donors (Lipinski definition) is 1. The van der Waals surface area contributed by atoms with Crippen LogP contribution in [-0.2, 0) is 11.3 Å². The molecule has 2 N–H and O–H groups in total. The minimum absolute atomic E-state index is 0.277. The highest BCUT2D eigenvalue weighted by Gasteiger charge is 2.32. The smallest absolute Gasteiger partial charge is 0.414 e. The number of ether oxygens (including phenoxy) is 2. The van der Waals surface area contributed by atoms with E-state index in [1.54, 1.807) is 16.8 Å². The van der Waals surface area contributed by atoms with E-state index in [-0.39, 0.29) is 6.10 Å². The maximum atomic E-state index is 11.8. The molecule has 1 aromatic heterocycles. The number of nitrogens with zero attached hydrogens (tertiary/aromatic N) is 5. The molecule has 1 saturated heterocycles. The van der Waals surface area contributed by atoms with E-state index in [1.807, 2.05) is 6.07 Å². The Hall–Kier alpha value is -2.68. The molecule has 2 aromatic rings. The summed E-state index contributed by atoms with van der Waals surface area (Å²) in [4.78, 5) is 13.4. The van der Waals surface area contributed by atoms with Crippen molar-refractivity contribution in [3.05, 3.63) is 24.0 Å². The molecule has 9 heteroatoms. The molecule has 0 spiro atoms. The lowest BCUT2D eigenvalue weighted by Crippen LogP contribution is -2.27. The van der Waals surface area contributed by atoms with Crippen LogP contribution >= 0.6 is 0 Å². The maximum absolute atomic E-state index is 11.8. The van der Waals surface area contributed by atoms with Gasteiger partial charge in [0.1, 0.15) is 24.1 Å². The fourth-order valence-electron chi connectivity index (χ4n) is 2.44. The number of carbonyl (C=O) groups is 1. The minimum atomic E-state index is -0.399. The third-order valence-corrected chi connectivity index (χ3v) is 3.51. The van der Waals surface area contributed by atoms with Crippen molar-refractivity contribution in [2.24, 2.45) is 5.73 Å². The molecule has 108 valence electrons. The van der Waals surface area contributed by atoms with E-state index in [9.17, 15) is 4.79 Å². The van der Waals surface area contributed by atoms with Crippen LogP contribution < -0.4 is 15.4 Å². The molecule has 0 bridgehead atoms. The number of hydrogen-bond acceptors (Lipinski definition) is 7. The van der Waals surface area contributed by atoms with Crippen LogP contribution in [0.4, 0.5) is 10.5 Å². The van der Waals surface area contributed by atoms with Crippen molar-refractivity contribution in [3.63, 3.8) is 0 Å². The molecular formula is C12H12N6O3. The largest absolute Gasteiger partial charge is 0.483 e. The number of fused-ring (bicyclic) bond motifs is 3. The molecule has 21 heavy (non-hydrogen) atoms. The number of benzene rings is 1. The van der Waals surface area contributed by atoms with E-state index in [0.29, 0.717) is 37.0 Å². The highest BCUT2D eigenvalue weighted by molar-refractivity contribution is 5.90. The summed E-state index contributed by atoms with van der Waals surface area (Å²) < 4.78 is 12.4. The van der Waals surface area contributed by atoms with E-state index in [4.69, 9.17) is 15.2 Å². The summed E-state index contributed by atoms with van der Waals surface area (Å²) in [7, 11) is 0. The van der Waals surface area contributed by atoms with Crippen molar-refractivity contribution in [1.82, 2.24) is 20.2 Å². The van der Waals surface area contributed by atoms with Gasteiger partial charge >= 0.3 is 6.09 Å². The average Bonchev–Trinajstić information content (AvgIpc) is 3.12. The molecule has 9 nitrogen and oxygen atoms in total. The van der Waals surface area contributed by atoms with Gasteiger partial charge in [-0.3, -0.25) is 4.90 Å². The van der Waals surface area contributed by atoms with Crippen molar-refractivity contribution in [2.45, 2.75) is 12.7 Å². The van der Waals surface area contributed by atoms with Gasteiger partial charge in [-0.15, -0.1) is 5.10 Å². The molecule has 2 aliphatic rings. The summed E-state index contributed by atoms with van der Waals surface area (Å²) in [5.41, 5.74) is 6.98. The van der Waals surface area contributed by atoms with Gasteiger partial charge in [0.25, 0.3) is 0 Å². The van der Waals surface area contributed by atoms with Gasteiger partial charge in [0.15, 0.2) is 5.82 Å². The molecule has 1 amide bonds. The Kier molecular flexibility index (Phi) is 2.54. The number of nitrogens with two attached hydrogens (primary N) is 1. The Morgan fingerprint density at radius 1 is 1.43 bits per heavy atom. The number of rotatable bonds is 2. The summed E-state index contributed by atoms with van der Waals surface area (Å²) in [5, 5.41) is 11.4. The summed E-state index contributed by atoms with van der Waals surface area (Å²) in [6, 6.07) is 5.39. The molecule has 1 fully saturated rings. The zero-order valence-electron chi connectivity index (χ0n) is 11.0. The standard InChI is InChI=1S/C12H12N6O3/c13-4-8-5-17(12(19)21-8)7-1-2-9-10(3-7)20-6-11-14-15-16-18(9)11/h1-3,8H,4-6,13H2/t8-/m0/s1. The number of anilines is 1. The molecule has 2 aliphatic heterocycles. The van der Waals surface area contributed by atoms with Gasteiger partial charge in [-0.25, -0.2) is 4.79 Å². The number of tetrazole rings is 1. The second-order valence-electron chi connectivity index (χ2n) is 4.80. The van der Waals surface area contributed by atoms with Crippen LogP contribution in [0.5, 0.6) is 5.75 Å². The normalized spacial score (nSPS) is 19.8. The highest BCUT2D eigenvalue weighted by atomic mass is 16.6. The zero-order valence-corrected chi connectivity index (χ0v) is 11.0. The predicted molar refractivity (Wildman–Crippen MR) is 70.2 cm³/mol. The molecule has 0 radical (unpaired) electrons. The summed E-state index contributed by atoms with van der Waals surface area (Å²) in [6.45, 7) is 1.03. The summed E-state index contributed by atoms with van der Waals surface area (Å²) in [5.74, 6) is 1.26. The van der Waals surface area contributed by atoms with Crippen LogP contribution in [0, 0.1) is 0 Å². The SMILES string of the molecule is NC[C@H]1CN(c2ccc3c(c2)OCc2nnnn2-3)C(=O)O1. The van der Waals surface area contributed by atoms with Crippen molar-refractivity contribution in [3.8, 4) is 11.4 Å². The van der Waals surface area contributed by atoms with Gasteiger partial charge in [-0.1, -0.05) is 0 Å². The molecule has 3 heterocycles. The van der Waals surface area contributed by atoms with E-state index in [0.717, 1.165) is 5.69 Å². The Morgan fingerprint density at radius 2 is 2.33 bits per heavy atom. The molecule has 4 rings (SSSR count). The van der Waals surface area contributed by atoms with Gasteiger partial charge in [-0.2, -0.15) is 4.68 Å². The van der Waals surface area contributed by atoms with Crippen molar-refractivity contribution in [1.29, 1.82) is 0 Å². The fraction of sp³-hybridized carbons (Fsp3) is 0.333. The Morgan fingerprint density at radius 3 is 3.14 bits per heavy atom. The van der Waals surface area contributed by atoms with Crippen molar-refractivity contribution < 1.29 is 14.3 Å². The lowest BCUT2D eigenvalue weighted by molar-refractivity contribution is 0.145. The number of amides is 1. The second-order valence-corrected chi connectivity index (χ2v) is 4.80.